The van der Waals surface area contributed by atoms with Gasteiger partial charge >= 0.3 is 5.97 Å². The van der Waals surface area contributed by atoms with Gasteiger partial charge in [0.25, 0.3) is 0 Å². The van der Waals surface area contributed by atoms with E-state index in [4.69, 9.17) is 10.5 Å². The van der Waals surface area contributed by atoms with Gasteiger partial charge in [0.15, 0.2) is 0 Å². The van der Waals surface area contributed by atoms with E-state index in [2.05, 4.69) is 5.32 Å². The zero-order valence-corrected chi connectivity index (χ0v) is 13.6. The van der Waals surface area contributed by atoms with E-state index in [1.807, 2.05) is 34.6 Å². The summed E-state index contributed by atoms with van der Waals surface area (Å²) in [4.78, 5) is 23.7. The van der Waals surface area contributed by atoms with Gasteiger partial charge in [0, 0.05) is 18.4 Å². The molecule has 0 heterocycles. The molecule has 1 fully saturated rings. The summed E-state index contributed by atoms with van der Waals surface area (Å²) in [7, 11) is 0. The summed E-state index contributed by atoms with van der Waals surface area (Å²) >= 11 is 0. The normalized spacial score (nSPS) is 28.8. The predicted molar refractivity (Wildman–Crippen MR) is 79.8 cm³/mol. The quantitative estimate of drug-likeness (QED) is 0.654. The lowest BCUT2D eigenvalue weighted by Gasteiger charge is -2.57. The Morgan fingerprint density at radius 1 is 1.43 bits per heavy atom. The third kappa shape index (κ3) is 3.37. The molecule has 6 nitrogen and oxygen atoms in total. The Morgan fingerprint density at radius 3 is 2.38 bits per heavy atom. The molecule has 21 heavy (non-hydrogen) atoms. The number of nitrogens with one attached hydrogen (secondary N) is 1. The number of carboxylic acids is 1. The lowest BCUT2D eigenvalue weighted by Crippen LogP contribution is -2.76. The van der Waals surface area contributed by atoms with Crippen LogP contribution in [0.2, 0.25) is 0 Å². The van der Waals surface area contributed by atoms with Crippen LogP contribution in [0.25, 0.3) is 0 Å². The Bertz CT molecular complexity index is 408. The predicted octanol–water partition coefficient (Wildman–Crippen LogP) is 1.13. The van der Waals surface area contributed by atoms with Crippen LogP contribution in [0, 0.1) is 11.3 Å². The molecule has 6 heteroatoms. The molecule has 0 bridgehead atoms. The molecule has 122 valence electrons. The molecule has 1 rings (SSSR count). The van der Waals surface area contributed by atoms with Gasteiger partial charge in [0.1, 0.15) is 11.6 Å². The highest BCUT2D eigenvalue weighted by Gasteiger charge is 2.63. The van der Waals surface area contributed by atoms with Gasteiger partial charge in [-0.2, -0.15) is 0 Å². The molecule has 3 atom stereocenters. The number of nitrogens with two attached hydrogens (primary N) is 1. The first-order valence-corrected chi connectivity index (χ1v) is 7.50. The molecule has 0 aromatic rings. The number of carbonyl (C=O) groups excluding carboxylic acids is 1. The zero-order chi connectivity index (χ0) is 16.4. The van der Waals surface area contributed by atoms with E-state index in [0.29, 0.717) is 19.4 Å². The number of amides is 1. The maximum absolute atomic E-state index is 12.5. The second-order valence-corrected chi connectivity index (χ2v) is 6.83. The highest BCUT2D eigenvalue weighted by atomic mass is 16.5. The van der Waals surface area contributed by atoms with E-state index < -0.39 is 28.9 Å². The monoisotopic (exact) mass is 300 g/mol. The number of hydrogen-bond acceptors (Lipinski definition) is 4. The van der Waals surface area contributed by atoms with Crippen molar-refractivity contribution in [2.24, 2.45) is 17.1 Å². The Balaban J connectivity index is 2.77. The van der Waals surface area contributed by atoms with Crippen molar-refractivity contribution in [2.75, 3.05) is 6.61 Å². The largest absolute Gasteiger partial charge is 0.480 e. The molecule has 1 aliphatic rings. The minimum Gasteiger partial charge on any atom is -0.480 e. The van der Waals surface area contributed by atoms with Crippen LogP contribution in [-0.2, 0) is 14.3 Å². The Labute approximate surface area is 126 Å². The minimum atomic E-state index is -1.09. The smallest absolute Gasteiger partial charge is 0.326 e. The molecule has 0 saturated heterocycles. The average molecular weight is 300 g/mol. The van der Waals surface area contributed by atoms with E-state index in [-0.39, 0.29) is 12.0 Å². The summed E-state index contributed by atoms with van der Waals surface area (Å²) in [6, 6.07) is -0.903. The van der Waals surface area contributed by atoms with Crippen molar-refractivity contribution in [3.05, 3.63) is 0 Å². The first kappa shape index (κ1) is 17.9. The first-order chi connectivity index (χ1) is 9.56. The van der Waals surface area contributed by atoms with Crippen molar-refractivity contribution in [1.29, 1.82) is 0 Å². The first-order valence-electron chi connectivity index (χ1n) is 7.50. The third-order valence-electron chi connectivity index (χ3n) is 4.55. The number of carboxylic acid groups (broad SMARTS) is 1. The average Bonchev–Trinajstić information content (AvgIpc) is 2.36. The van der Waals surface area contributed by atoms with E-state index in [1.165, 1.54) is 0 Å². The second-order valence-electron chi connectivity index (χ2n) is 6.83. The summed E-state index contributed by atoms with van der Waals surface area (Å²) in [5.74, 6) is -1.26. The van der Waals surface area contributed by atoms with Crippen molar-refractivity contribution in [1.82, 2.24) is 5.32 Å². The molecule has 0 aromatic carbocycles. The van der Waals surface area contributed by atoms with Gasteiger partial charge in [-0.3, -0.25) is 4.79 Å². The van der Waals surface area contributed by atoms with Crippen molar-refractivity contribution in [3.8, 4) is 0 Å². The molecule has 1 amide bonds. The van der Waals surface area contributed by atoms with Crippen molar-refractivity contribution >= 4 is 11.9 Å². The van der Waals surface area contributed by atoms with Gasteiger partial charge in [-0.1, -0.05) is 27.7 Å². The van der Waals surface area contributed by atoms with Gasteiger partial charge in [0.2, 0.25) is 5.91 Å². The van der Waals surface area contributed by atoms with Crippen LogP contribution in [0.3, 0.4) is 0 Å². The molecular formula is C15H28N2O4. The van der Waals surface area contributed by atoms with E-state index in [1.54, 1.807) is 0 Å². The maximum atomic E-state index is 12.5. The Kier molecular flexibility index (Phi) is 5.39. The molecule has 0 aliphatic heterocycles. The summed E-state index contributed by atoms with van der Waals surface area (Å²) < 4.78 is 5.58. The van der Waals surface area contributed by atoms with Gasteiger partial charge in [-0.15, -0.1) is 0 Å². The van der Waals surface area contributed by atoms with Gasteiger partial charge < -0.3 is 20.9 Å². The molecule has 0 radical (unpaired) electrons. The van der Waals surface area contributed by atoms with Crippen LogP contribution in [-0.4, -0.2) is 41.3 Å². The summed E-state index contributed by atoms with van der Waals surface area (Å²) in [5, 5.41) is 11.8. The highest BCUT2D eigenvalue weighted by molar-refractivity contribution is 5.92. The summed E-state index contributed by atoms with van der Waals surface area (Å²) in [6.07, 6.45) is 0.715. The molecular weight excluding hydrogens is 272 g/mol. The fourth-order valence-corrected chi connectivity index (χ4v) is 2.80. The van der Waals surface area contributed by atoms with Gasteiger partial charge in [0.05, 0.1) is 6.10 Å². The fraction of sp³-hybridized carbons (Fsp3) is 0.867. The lowest BCUT2D eigenvalue weighted by molar-refractivity contribution is -0.172. The maximum Gasteiger partial charge on any atom is 0.326 e. The van der Waals surface area contributed by atoms with E-state index in [9.17, 15) is 14.7 Å². The summed E-state index contributed by atoms with van der Waals surface area (Å²) in [5.41, 5.74) is 4.63. The topological polar surface area (TPSA) is 102 Å². The summed E-state index contributed by atoms with van der Waals surface area (Å²) in [6.45, 7) is 10.1. The van der Waals surface area contributed by atoms with Crippen molar-refractivity contribution < 1.29 is 19.4 Å². The van der Waals surface area contributed by atoms with Crippen LogP contribution in [0.15, 0.2) is 0 Å². The van der Waals surface area contributed by atoms with Crippen molar-refractivity contribution in [3.63, 3.8) is 0 Å². The SMILES string of the molecule is CCOC1CC(N)(C(=O)NC(CC(C)C)C(=O)O)C1(C)C. The molecule has 1 aliphatic carbocycles. The van der Waals surface area contributed by atoms with Crippen LogP contribution in [0.1, 0.15) is 47.5 Å². The Morgan fingerprint density at radius 2 is 2.00 bits per heavy atom. The number of carbonyl (C=O) groups is 2. The number of hydrogen-bond donors (Lipinski definition) is 3. The minimum absolute atomic E-state index is 0.0772. The number of rotatable bonds is 7. The van der Waals surface area contributed by atoms with Gasteiger partial charge in [-0.05, 0) is 19.3 Å². The van der Waals surface area contributed by atoms with E-state index in [0.717, 1.165) is 0 Å². The van der Waals surface area contributed by atoms with Gasteiger partial charge in [-0.25, -0.2) is 4.79 Å². The molecule has 4 N–H and O–H groups in total. The van der Waals surface area contributed by atoms with Crippen LogP contribution >= 0.6 is 0 Å². The molecule has 0 spiro atoms. The van der Waals surface area contributed by atoms with Crippen LogP contribution < -0.4 is 11.1 Å². The van der Waals surface area contributed by atoms with Crippen molar-refractivity contribution in [2.45, 2.75) is 65.1 Å². The molecule has 1 saturated carbocycles. The lowest BCUT2D eigenvalue weighted by atomic mass is 9.54. The van der Waals surface area contributed by atoms with Crippen LogP contribution in [0.5, 0.6) is 0 Å². The number of aliphatic carboxylic acids is 1. The Hall–Kier alpha value is -1.14. The standard InChI is InChI=1S/C15H28N2O4/c1-6-21-11-8-15(16,14(11,4)5)13(20)17-10(12(18)19)7-9(2)3/h9-11H,6-8,16H2,1-5H3,(H,17,20)(H,18,19). The fourth-order valence-electron chi connectivity index (χ4n) is 2.80. The highest BCUT2D eigenvalue weighted by Crippen LogP contribution is 2.49. The van der Waals surface area contributed by atoms with E-state index >= 15 is 0 Å². The third-order valence-corrected chi connectivity index (χ3v) is 4.55. The molecule has 3 unspecified atom stereocenters. The zero-order valence-electron chi connectivity index (χ0n) is 13.6. The number of ether oxygens (including phenoxy) is 1. The van der Waals surface area contributed by atoms with Crippen LogP contribution in [0.4, 0.5) is 0 Å². The second kappa shape index (κ2) is 6.32. The molecule has 0 aromatic heterocycles.